The SMILES string of the molecule is CC(=O)Nc1ccc(S(=O)(=O)NC(CCn2cccc2C#N)C(=O)N2CCC(C)CC2)cc1Cl. The monoisotopic (exact) mass is 505 g/mol. The van der Waals surface area contributed by atoms with E-state index >= 15 is 0 Å². The van der Waals surface area contributed by atoms with Crippen molar-refractivity contribution in [1.82, 2.24) is 14.2 Å². The van der Waals surface area contributed by atoms with Crippen molar-refractivity contribution in [1.29, 1.82) is 5.26 Å². The van der Waals surface area contributed by atoms with Gasteiger partial charge in [0, 0.05) is 32.8 Å². The van der Waals surface area contributed by atoms with Gasteiger partial charge in [-0.1, -0.05) is 18.5 Å². The van der Waals surface area contributed by atoms with Crippen molar-refractivity contribution in [2.24, 2.45) is 5.92 Å². The number of carbonyl (C=O) groups excluding carboxylic acids is 2. The Morgan fingerprint density at radius 1 is 1.26 bits per heavy atom. The van der Waals surface area contributed by atoms with Crippen LogP contribution in [0.15, 0.2) is 41.4 Å². The number of piperidine rings is 1. The molecule has 1 fully saturated rings. The second-order valence-corrected chi connectivity index (χ2v) is 10.6. The van der Waals surface area contributed by atoms with Gasteiger partial charge in [-0.25, -0.2) is 8.42 Å². The Hall–Kier alpha value is -2.87. The van der Waals surface area contributed by atoms with Gasteiger partial charge in [0.1, 0.15) is 17.8 Å². The fourth-order valence-corrected chi connectivity index (χ4v) is 5.41. The molecule has 1 aliphatic heterocycles. The fourth-order valence-electron chi connectivity index (χ4n) is 3.87. The molecule has 2 amide bonds. The van der Waals surface area contributed by atoms with Gasteiger partial charge in [-0.3, -0.25) is 9.59 Å². The van der Waals surface area contributed by atoms with Crippen LogP contribution in [0.1, 0.15) is 38.8 Å². The fraction of sp³-hybridized carbons (Fsp3) is 0.435. The minimum atomic E-state index is -4.10. The molecule has 1 aromatic heterocycles. The molecule has 2 N–H and O–H groups in total. The first-order valence-corrected chi connectivity index (χ1v) is 12.9. The van der Waals surface area contributed by atoms with Crippen LogP contribution in [0.3, 0.4) is 0 Å². The molecular formula is C23H28ClN5O4S. The molecule has 1 unspecified atom stereocenters. The van der Waals surface area contributed by atoms with Crippen molar-refractivity contribution in [3.05, 3.63) is 47.2 Å². The van der Waals surface area contributed by atoms with E-state index < -0.39 is 16.1 Å². The van der Waals surface area contributed by atoms with Crippen LogP contribution >= 0.6 is 11.6 Å². The third-order valence-electron chi connectivity index (χ3n) is 5.86. The van der Waals surface area contributed by atoms with E-state index in [-0.39, 0.29) is 28.2 Å². The molecule has 1 atom stereocenters. The van der Waals surface area contributed by atoms with Gasteiger partial charge in [-0.15, -0.1) is 0 Å². The van der Waals surface area contributed by atoms with E-state index in [0.29, 0.717) is 36.9 Å². The number of amides is 2. The lowest BCUT2D eigenvalue weighted by Gasteiger charge is -2.33. The smallest absolute Gasteiger partial charge is 0.241 e. The van der Waals surface area contributed by atoms with Gasteiger partial charge in [0.2, 0.25) is 21.8 Å². The summed E-state index contributed by atoms with van der Waals surface area (Å²) in [6.07, 6.45) is 3.62. The minimum absolute atomic E-state index is 0.0666. The normalized spacial score (nSPS) is 15.5. The summed E-state index contributed by atoms with van der Waals surface area (Å²) in [7, 11) is -4.10. The van der Waals surface area contributed by atoms with Crippen LogP contribution in [0.2, 0.25) is 5.02 Å². The van der Waals surface area contributed by atoms with Crippen LogP contribution in [-0.4, -0.2) is 48.8 Å². The summed E-state index contributed by atoms with van der Waals surface area (Å²) in [6, 6.07) is 8.41. The molecular weight excluding hydrogens is 478 g/mol. The summed E-state index contributed by atoms with van der Waals surface area (Å²) in [6.45, 7) is 4.89. The first-order valence-electron chi connectivity index (χ1n) is 11.0. The van der Waals surface area contributed by atoms with Gasteiger partial charge in [-0.05, 0) is 55.5 Å². The van der Waals surface area contributed by atoms with Gasteiger partial charge >= 0.3 is 0 Å². The Bertz CT molecular complexity index is 1200. The third kappa shape index (κ3) is 6.38. The van der Waals surface area contributed by atoms with Crippen molar-refractivity contribution in [3.63, 3.8) is 0 Å². The predicted octanol–water partition coefficient (Wildman–Crippen LogP) is 2.97. The summed E-state index contributed by atoms with van der Waals surface area (Å²) in [5.41, 5.74) is 0.723. The molecule has 2 aromatic rings. The molecule has 2 heterocycles. The number of nitrogens with zero attached hydrogens (tertiary/aromatic N) is 3. The van der Waals surface area contributed by atoms with Gasteiger partial charge in [-0.2, -0.15) is 9.98 Å². The zero-order chi connectivity index (χ0) is 24.9. The first-order chi connectivity index (χ1) is 16.1. The second kappa shape index (κ2) is 11.0. The lowest BCUT2D eigenvalue weighted by Crippen LogP contribution is -2.50. The molecule has 182 valence electrons. The maximum Gasteiger partial charge on any atom is 0.241 e. The number of sulfonamides is 1. The molecule has 0 spiro atoms. The van der Waals surface area contributed by atoms with Crippen LogP contribution in [0.5, 0.6) is 0 Å². The van der Waals surface area contributed by atoms with Crippen molar-refractivity contribution in [3.8, 4) is 6.07 Å². The highest BCUT2D eigenvalue weighted by Crippen LogP contribution is 2.26. The number of aromatic nitrogens is 1. The highest BCUT2D eigenvalue weighted by molar-refractivity contribution is 7.89. The first kappa shape index (κ1) is 25.7. The number of halogens is 1. The Kier molecular flexibility index (Phi) is 8.36. The molecule has 0 radical (unpaired) electrons. The van der Waals surface area contributed by atoms with Crippen LogP contribution in [0.4, 0.5) is 5.69 Å². The number of anilines is 1. The number of carbonyl (C=O) groups is 2. The van der Waals surface area contributed by atoms with Gasteiger partial charge in [0.25, 0.3) is 0 Å². The lowest BCUT2D eigenvalue weighted by atomic mass is 9.98. The molecule has 11 heteroatoms. The van der Waals surface area contributed by atoms with E-state index in [4.69, 9.17) is 11.6 Å². The molecule has 0 aliphatic carbocycles. The molecule has 9 nitrogen and oxygen atoms in total. The Morgan fingerprint density at radius 3 is 2.59 bits per heavy atom. The Balaban J connectivity index is 1.83. The van der Waals surface area contributed by atoms with E-state index in [1.807, 2.05) is 0 Å². The number of likely N-dealkylation sites (tertiary alicyclic amines) is 1. The largest absolute Gasteiger partial charge is 0.341 e. The minimum Gasteiger partial charge on any atom is -0.341 e. The van der Waals surface area contributed by atoms with Crippen molar-refractivity contribution in [2.75, 3.05) is 18.4 Å². The van der Waals surface area contributed by atoms with Crippen molar-refractivity contribution >= 4 is 39.1 Å². The zero-order valence-electron chi connectivity index (χ0n) is 19.1. The van der Waals surface area contributed by atoms with E-state index in [0.717, 1.165) is 12.8 Å². The van der Waals surface area contributed by atoms with Crippen LogP contribution in [0.25, 0.3) is 0 Å². The number of nitriles is 1. The van der Waals surface area contributed by atoms with E-state index in [1.54, 1.807) is 27.8 Å². The summed E-state index contributed by atoms with van der Waals surface area (Å²) < 4.78 is 30.6. The Labute approximate surface area is 204 Å². The summed E-state index contributed by atoms with van der Waals surface area (Å²) in [5.74, 6) is -0.109. The number of benzene rings is 1. The number of aryl methyl sites for hydroxylation is 1. The van der Waals surface area contributed by atoms with E-state index in [2.05, 4.69) is 23.0 Å². The topological polar surface area (TPSA) is 124 Å². The van der Waals surface area contributed by atoms with Gasteiger partial charge < -0.3 is 14.8 Å². The van der Waals surface area contributed by atoms with E-state index in [1.165, 1.54) is 25.1 Å². The number of rotatable bonds is 8. The predicted molar refractivity (Wildman–Crippen MR) is 129 cm³/mol. The molecule has 1 aliphatic rings. The highest BCUT2D eigenvalue weighted by Gasteiger charge is 2.31. The molecule has 3 rings (SSSR count). The number of hydrogen-bond acceptors (Lipinski definition) is 5. The van der Waals surface area contributed by atoms with Crippen LogP contribution in [-0.2, 0) is 26.2 Å². The standard InChI is InChI=1S/C23H28ClN5O4S/c1-16-7-11-29(12-8-16)23(31)22(9-13-28-10-3-4-18(28)15-25)27-34(32,33)19-5-6-21(20(24)14-19)26-17(2)30/h3-6,10,14,16,22,27H,7-9,11-13H2,1-2H3,(H,26,30). The molecule has 0 bridgehead atoms. The summed E-state index contributed by atoms with van der Waals surface area (Å²) in [4.78, 5) is 26.2. The number of nitrogens with one attached hydrogen (secondary N) is 2. The molecule has 1 saturated heterocycles. The molecule has 0 saturated carbocycles. The molecule has 34 heavy (non-hydrogen) atoms. The lowest BCUT2D eigenvalue weighted by molar-refractivity contribution is -0.134. The third-order valence-corrected chi connectivity index (χ3v) is 7.64. The second-order valence-electron chi connectivity index (χ2n) is 8.49. The Morgan fingerprint density at radius 2 is 1.97 bits per heavy atom. The van der Waals surface area contributed by atoms with Crippen LogP contribution < -0.4 is 10.0 Å². The van der Waals surface area contributed by atoms with Crippen molar-refractivity contribution < 1.29 is 18.0 Å². The average molecular weight is 506 g/mol. The van der Waals surface area contributed by atoms with E-state index in [9.17, 15) is 23.3 Å². The zero-order valence-corrected chi connectivity index (χ0v) is 20.7. The van der Waals surface area contributed by atoms with Crippen molar-refractivity contribution in [2.45, 2.75) is 50.6 Å². The highest BCUT2D eigenvalue weighted by atomic mass is 35.5. The molecule has 1 aromatic carbocycles. The summed E-state index contributed by atoms with van der Waals surface area (Å²) in [5, 5.41) is 11.8. The average Bonchev–Trinajstić information content (AvgIpc) is 3.25. The maximum atomic E-state index is 13.3. The number of hydrogen-bond donors (Lipinski definition) is 2. The van der Waals surface area contributed by atoms with Gasteiger partial charge in [0.15, 0.2) is 0 Å². The van der Waals surface area contributed by atoms with Gasteiger partial charge in [0.05, 0.1) is 15.6 Å². The quantitative estimate of drug-likeness (QED) is 0.570. The van der Waals surface area contributed by atoms with Crippen LogP contribution in [0, 0.1) is 17.2 Å². The summed E-state index contributed by atoms with van der Waals surface area (Å²) >= 11 is 6.16. The maximum absolute atomic E-state index is 13.3.